The fourth-order valence-electron chi connectivity index (χ4n) is 2.04. The number of ether oxygens (including phenoxy) is 1. The first-order valence-electron chi connectivity index (χ1n) is 7.76. The van der Waals surface area contributed by atoms with Crippen LogP contribution in [-0.4, -0.2) is 17.3 Å². The summed E-state index contributed by atoms with van der Waals surface area (Å²) in [6.07, 6.45) is 2.07. The van der Waals surface area contributed by atoms with E-state index in [9.17, 15) is 4.79 Å². The largest absolute Gasteiger partial charge is 0.494 e. The Kier molecular flexibility index (Phi) is 7.92. The monoisotopic (exact) mass is 405 g/mol. The predicted octanol–water partition coefficient (Wildman–Crippen LogP) is 5.07. The van der Waals surface area contributed by atoms with Crippen molar-refractivity contribution in [3.8, 4) is 5.75 Å². The summed E-state index contributed by atoms with van der Waals surface area (Å²) in [6, 6.07) is 19.0. The van der Waals surface area contributed by atoms with Gasteiger partial charge < -0.3 is 9.72 Å². The molecule has 0 bridgehead atoms. The van der Waals surface area contributed by atoms with Crippen molar-refractivity contribution in [1.82, 2.24) is 4.98 Å². The van der Waals surface area contributed by atoms with Gasteiger partial charge in [0.25, 0.3) is 0 Å². The number of hydrogen-bond donors (Lipinski definition) is 2. The molecule has 5 heteroatoms. The summed E-state index contributed by atoms with van der Waals surface area (Å²) < 4.78 is 6.75. The van der Waals surface area contributed by atoms with Crippen LogP contribution in [0.5, 0.6) is 5.75 Å². The molecule has 0 unspecified atom stereocenters. The van der Waals surface area contributed by atoms with Gasteiger partial charge in [0, 0.05) is 21.4 Å². The number of benzene rings is 2. The van der Waals surface area contributed by atoms with Crippen LogP contribution in [0.3, 0.4) is 0 Å². The van der Waals surface area contributed by atoms with Gasteiger partial charge in [0.05, 0.1) is 6.61 Å². The average molecular weight is 406 g/mol. The molecule has 3 nitrogen and oxygen atoms in total. The zero-order chi connectivity index (χ0) is 17.2. The van der Waals surface area contributed by atoms with Crippen molar-refractivity contribution < 1.29 is 4.74 Å². The number of aromatic nitrogens is 1. The van der Waals surface area contributed by atoms with Gasteiger partial charge in [-0.05, 0) is 55.0 Å². The van der Waals surface area contributed by atoms with Crippen LogP contribution in [0.1, 0.15) is 12.8 Å². The predicted molar refractivity (Wildman–Crippen MR) is 107 cm³/mol. The minimum atomic E-state index is -0.0834. The molecule has 0 fully saturated rings. The first kappa shape index (κ1) is 18.6. The SMILES string of the molecule is Brc1ccccc1.O=c1ccc2cc(OCCCCS)ccc2[nH]1. The second kappa shape index (κ2) is 10.2. The number of unbranched alkanes of at least 4 members (excludes halogenated alkanes) is 1. The molecule has 1 aromatic heterocycles. The molecule has 0 aliphatic carbocycles. The average Bonchev–Trinajstić information content (AvgIpc) is 2.60. The molecule has 2 aromatic carbocycles. The summed E-state index contributed by atoms with van der Waals surface area (Å²) in [7, 11) is 0. The number of fused-ring (bicyclic) bond motifs is 1. The Morgan fingerprint density at radius 3 is 2.46 bits per heavy atom. The van der Waals surface area contributed by atoms with E-state index in [1.165, 1.54) is 6.07 Å². The highest BCUT2D eigenvalue weighted by Crippen LogP contribution is 2.18. The van der Waals surface area contributed by atoms with Crippen molar-refractivity contribution in [2.24, 2.45) is 0 Å². The molecule has 24 heavy (non-hydrogen) atoms. The lowest BCUT2D eigenvalue weighted by molar-refractivity contribution is 0.310. The van der Waals surface area contributed by atoms with E-state index in [4.69, 9.17) is 4.74 Å². The Bertz CT molecular complexity index is 805. The molecule has 0 radical (unpaired) electrons. The van der Waals surface area contributed by atoms with Gasteiger partial charge in [-0.15, -0.1) is 0 Å². The molecule has 0 atom stereocenters. The minimum Gasteiger partial charge on any atom is -0.494 e. The Morgan fingerprint density at radius 1 is 1.00 bits per heavy atom. The number of pyridine rings is 1. The summed E-state index contributed by atoms with van der Waals surface area (Å²) >= 11 is 7.46. The van der Waals surface area contributed by atoms with E-state index in [1.807, 2.05) is 48.5 Å². The molecule has 3 aromatic rings. The summed E-state index contributed by atoms with van der Waals surface area (Å²) in [6.45, 7) is 0.704. The van der Waals surface area contributed by atoms with E-state index in [1.54, 1.807) is 6.07 Å². The van der Waals surface area contributed by atoms with Crippen LogP contribution >= 0.6 is 28.6 Å². The number of thiol groups is 1. The zero-order valence-electron chi connectivity index (χ0n) is 13.2. The number of H-pyrrole nitrogens is 1. The third-order valence-electron chi connectivity index (χ3n) is 3.25. The zero-order valence-corrected chi connectivity index (χ0v) is 15.7. The number of halogens is 1. The summed E-state index contributed by atoms with van der Waals surface area (Å²) in [5, 5.41) is 0.983. The third-order valence-corrected chi connectivity index (χ3v) is 4.09. The van der Waals surface area contributed by atoms with Crippen molar-refractivity contribution in [3.05, 3.63) is 75.5 Å². The molecule has 0 aliphatic rings. The van der Waals surface area contributed by atoms with Gasteiger partial charge in [0.15, 0.2) is 0 Å². The van der Waals surface area contributed by atoms with Crippen LogP contribution in [0.4, 0.5) is 0 Å². The molecule has 1 N–H and O–H groups in total. The normalized spacial score (nSPS) is 10.1. The Morgan fingerprint density at radius 2 is 1.79 bits per heavy atom. The van der Waals surface area contributed by atoms with Crippen LogP contribution in [0.15, 0.2) is 69.9 Å². The summed E-state index contributed by atoms with van der Waals surface area (Å²) in [5.41, 5.74) is 0.750. The highest BCUT2D eigenvalue weighted by Gasteiger charge is 1.98. The van der Waals surface area contributed by atoms with E-state index >= 15 is 0 Å². The molecule has 0 saturated carbocycles. The van der Waals surface area contributed by atoms with Gasteiger partial charge >= 0.3 is 0 Å². The Hall–Kier alpha value is -1.72. The van der Waals surface area contributed by atoms with E-state index in [0.29, 0.717) is 6.61 Å². The first-order valence-corrected chi connectivity index (χ1v) is 9.19. The Balaban J connectivity index is 0.000000249. The van der Waals surface area contributed by atoms with E-state index in [0.717, 1.165) is 39.7 Å². The van der Waals surface area contributed by atoms with Gasteiger partial charge in [-0.3, -0.25) is 4.79 Å². The molecule has 0 amide bonds. The molecule has 0 saturated heterocycles. The lowest BCUT2D eigenvalue weighted by atomic mass is 10.2. The van der Waals surface area contributed by atoms with Crippen LogP contribution in [-0.2, 0) is 0 Å². The maximum atomic E-state index is 11.1. The Labute approximate surface area is 155 Å². The fraction of sp³-hybridized carbons (Fsp3) is 0.211. The fourth-order valence-corrected chi connectivity index (χ4v) is 2.57. The van der Waals surface area contributed by atoms with Gasteiger partial charge in [-0.25, -0.2) is 0 Å². The van der Waals surface area contributed by atoms with Crippen molar-refractivity contribution in [1.29, 1.82) is 0 Å². The van der Waals surface area contributed by atoms with Gasteiger partial charge in [-0.2, -0.15) is 12.6 Å². The minimum absolute atomic E-state index is 0.0834. The molecule has 126 valence electrons. The maximum Gasteiger partial charge on any atom is 0.248 e. The van der Waals surface area contributed by atoms with Crippen LogP contribution < -0.4 is 10.3 Å². The van der Waals surface area contributed by atoms with E-state index < -0.39 is 0 Å². The smallest absolute Gasteiger partial charge is 0.248 e. The topological polar surface area (TPSA) is 42.1 Å². The number of rotatable bonds is 5. The molecule has 3 rings (SSSR count). The van der Waals surface area contributed by atoms with Gasteiger partial charge in [0.2, 0.25) is 5.56 Å². The van der Waals surface area contributed by atoms with Crippen LogP contribution in [0.2, 0.25) is 0 Å². The van der Waals surface area contributed by atoms with Crippen molar-refractivity contribution in [2.75, 3.05) is 12.4 Å². The van der Waals surface area contributed by atoms with Crippen molar-refractivity contribution in [3.63, 3.8) is 0 Å². The number of aromatic amines is 1. The second-order valence-corrected chi connectivity index (χ2v) is 6.51. The highest BCUT2D eigenvalue weighted by atomic mass is 79.9. The lowest BCUT2D eigenvalue weighted by Gasteiger charge is -2.06. The standard InChI is InChI=1S/C13H15NO2S.C6H5Br/c15-13-6-3-10-9-11(4-5-12(10)14-13)16-7-1-2-8-17;7-6-4-2-1-3-5-6/h3-6,9,17H,1-2,7-8H2,(H,14,15);1-5H. The number of nitrogens with one attached hydrogen (secondary N) is 1. The van der Waals surface area contributed by atoms with E-state index in [-0.39, 0.29) is 5.56 Å². The quantitative estimate of drug-likeness (QED) is 0.459. The molecular formula is C19H20BrNO2S. The van der Waals surface area contributed by atoms with Crippen molar-refractivity contribution in [2.45, 2.75) is 12.8 Å². The van der Waals surface area contributed by atoms with Crippen LogP contribution in [0, 0.1) is 0 Å². The lowest BCUT2D eigenvalue weighted by Crippen LogP contribution is -2.02. The number of hydrogen-bond acceptors (Lipinski definition) is 3. The first-order chi connectivity index (χ1) is 11.7. The summed E-state index contributed by atoms with van der Waals surface area (Å²) in [5.74, 6) is 1.73. The molecule has 1 heterocycles. The molecule has 0 spiro atoms. The van der Waals surface area contributed by atoms with E-state index in [2.05, 4.69) is 33.5 Å². The second-order valence-electron chi connectivity index (χ2n) is 5.15. The van der Waals surface area contributed by atoms with Gasteiger partial charge in [0.1, 0.15) is 5.75 Å². The van der Waals surface area contributed by atoms with Crippen molar-refractivity contribution >= 4 is 39.5 Å². The van der Waals surface area contributed by atoms with Gasteiger partial charge in [-0.1, -0.05) is 34.1 Å². The molecular weight excluding hydrogens is 386 g/mol. The highest BCUT2D eigenvalue weighted by molar-refractivity contribution is 9.10. The van der Waals surface area contributed by atoms with Crippen LogP contribution in [0.25, 0.3) is 10.9 Å². The summed E-state index contributed by atoms with van der Waals surface area (Å²) in [4.78, 5) is 13.9. The molecule has 0 aliphatic heterocycles. The third kappa shape index (κ3) is 6.42. The maximum absolute atomic E-state index is 11.1.